The molecule has 0 bridgehead atoms. The van der Waals surface area contributed by atoms with E-state index in [0.29, 0.717) is 5.01 Å². The summed E-state index contributed by atoms with van der Waals surface area (Å²) in [5.74, 6) is -0.897. The second-order valence-electron chi connectivity index (χ2n) is 5.00. The monoisotopic (exact) mass is 398 g/mol. The Bertz CT molecular complexity index is 694. The Balaban J connectivity index is 3.16. The van der Waals surface area contributed by atoms with E-state index in [1.165, 1.54) is 24.3 Å². The summed E-state index contributed by atoms with van der Waals surface area (Å²) in [4.78, 5) is 46.6. The van der Waals surface area contributed by atoms with Gasteiger partial charge in [0.15, 0.2) is 0 Å². The van der Waals surface area contributed by atoms with Gasteiger partial charge in [0.05, 0.1) is 24.7 Å². The Morgan fingerprint density at radius 1 is 1.04 bits per heavy atom. The average Bonchev–Trinajstić information content (AvgIpc) is 2.65. The largest absolute Gasteiger partial charge is 0.463 e. The van der Waals surface area contributed by atoms with Crippen molar-refractivity contribution in [3.8, 4) is 0 Å². The van der Waals surface area contributed by atoms with E-state index in [4.69, 9.17) is 14.2 Å². The van der Waals surface area contributed by atoms with E-state index < -0.39 is 29.2 Å². The molecule has 0 fully saturated rings. The number of nitro groups is 1. The Hall–Kier alpha value is -3.57. The molecule has 12 heteroatoms. The van der Waals surface area contributed by atoms with Crippen molar-refractivity contribution in [2.75, 3.05) is 25.1 Å². The molecule has 0 aliphatic carbocycles. The summed E-state index contributed by atoms with van der Waals surface area (Å²) < 4.78 is 14.5. The van der Waals surface area contributed by atoms with E-state index in [9.17, 15) is 24.5 Å². The summed E-state index contributed by atoms with van der Waals surface area (Å²) in [5, 5.41) is 14.0. The summed E-state index contributed by atoms with van der Waals surface area (Å²) in [5.41, 5.74) is 2.21. The molecule has 0 aliphatic rings. The molecule has 1 atom stereocenters. The highest BCUT2D eigenvalue weighted by molar-refractivity contribution is 5.85. The number of nitrogens with one attached hydrogen (secondary N) is 2. The second-order valence-corrected chi connectivity index (χ2v) is 5.00. The van der Waals surface area contributed by atoms with Crippen LogP contribution in [0, 0.1) is 10.1 Å². The van der Waals surface area contributed by atoms with Crippen LogP contribution >= 0.6 is 0 Å². The van der Waals surface area contributed by atoms with E-state index in [1.54, 1.807) is 20.8 Å². The van der Waals surface area contributed by atoms with Crippen LogP contribution in [0.25, 0.3) is 0 Å². The van der Waals surface area contributed by atoms with Gasteiger partial charge in [0.1, 0.15) is 0 Å². The number of carbonyl (C=O) groups is 3. The number of hydrogen-bond acceptors (Lipinski definition) is 9. The number of hydrogen-bond donors (Lipinski definition) is 2. The molecule has 0 saturated heterocycles. The Morgan fingerprint density at radius 2 is 1.61 bits per heavy atom. The zero-order valence-electron chi connectivity index (χ0n) is 15.7. The number of ether oxygens (including phenoxy) is 3. The fraction of sp³-hybridized carbons (Fsp3) is 0.438. The lowest BCUT2D eigenvalue weighted by molar-refractivity contribution is -0.384. The molecule has 0 aromatic heterocycles. The number of anilines is 1. The number of nitro benzene ring substituents is 1. The van der Waals surface area contributed by atoms with E-state index in [1.807, 2.05) is 0 Å². The zero-order valence-corrected chi connectivity index (χ0v) is 15.7. The SMILES string of the molecule is CCOC(=O)NN(C(=O)OCC)C(Nc1ccc([N+](=O)[O-])cc1)C(=O)OCC. The highest BCUT2D eigenvalue weighted by Crippen LogP contribution is 2.17. The van der Waals surface area contributed by atoms with Gasteiger partial charge in [-0.15, -0.1) is 0 Å². The smallest absolute Gasteiger partial charge is 0.431 e. The minimum absolute atomic E-state index is 0.00729. The van der Waals surface area contributed by atoms with Gasteiger partial charge in [-0.05, 0) is 32.9 Å². The molecule has 0 radical (unpaired) electrons. The molecule has 0 heterocycles. The lowest BCUT2D eigenvalue weighted by Gasteiger charge is -2.29. The molecule has 154 valence electrons. The maximum absolute atomic E-state index is 12.4. The number of non-ortho nitro benzene ring substituents is 1. The molecule has 2 amide bonds. The Labute approximate surface area is 160 Å². The lowest BCUT2D eigenvalue weighted by Crippen LogP contribution is -2.58. The van der Waals surface area contributed by atoms with Crippen molar-refractivity contribution in [1.82, 2.24) is 10.4 Å². The van der Waals surface area contributed by atoms with Gasteiger partial charge in [-0.25, -0.2) is 19.8 Å². The number of rotatable bonds is 8. The van der Waals surface area contributed by atoms with Crippen LogP contribution in [-0.2, 0) is 19.0 Å². The van der Waals surface area contributed by atoms with Gasteiger partial charge in [-0.1, -0.05) is 0 Å². The van der Waals surface area contributed by atoms with Crippen molar-refractivity contribution < 1.29 is 33.5 Å². The highest BCUT2D eigenvalue weighted by atomic mass is 16.6. The van der Waals surface area contributed by atoms with Gasteiger partial charge in [0.25, 0.3) is 5.69 Å². The molecule has 1 aromatic carbocycles. The molecule has 0 spiro atoms. The molecule has 1 rings (SSSR count). The second kappa shape index (κ2) is 11.2. The molecule has 1 aromatic rings. The molecular formula is C16H22N4O8. The van der Waals surface area contributed by atoms with Crippen molar-refractivity contribution in [3.05, 3.63) is 34.4 Å². The summed E-state index contributed by atoms with van der Waals surface area (Å²) in [6.45, 7) is 4.69. The predicted molar refractivity (Wildman–Crippen MR) is 96.2 cm³/mol. The van der Waals surface area contributed by atoms with E-state index in [2.05, 4.69) is 10.7 Å². The van der Waals surface area contributed by atoms with Crippen LogP contribution in [0.4, 0.5) is 21.0 Å². The van der Waals surface area contributed by atoms with Crippen LogP contribution in [0.15, 0.2) is 24.3 Å². The van der Waals surface area contributed by atoms with Gasteiger partial charge in [0, 0.05) is 17.8 Å². The Morgan fingerprint density at radius 3 is 2.11 bits per heavy atom. The number of benzene rings is 1. The molecule has 0 aliphatic heterocycles. The van der Waals surface area contributed by atoms with Gasteiger partial charge in [-0.3, -0.25) is 10.1 Å². The first kappa shape index (κ1) is 22.5. The molecule has 2 N–H and O–H groups in total. The number of nitrogens with zero attached hydrogens (tertiary/aromatic N) is 2. The van der Waals surface area contributed by atoms with Crippen molar-refractivity contribution in [2.45, 2.75) is 26.9 Å². The average molecular weight is 398 g/mol. The summed E-state index contributed by atoms with van der Waals surface area (Å²) in [7, 11) is 0. The van der Waals surface area contributed by atoms with Crippen LogP contribution in [0.3, 0.4) is 0 Å². The van der Waals surface area contributed by atoms with Crippen molar-refractivity contribution in [2.24, 2.45) is 0 Å². The quantitative estimate of drug-likeness (QED) is 0.220. The first-order chi connectivity index (χ1) is 13.3. The van der Waals surface area contributed by atoms with Crippen LogP contribution in [0.1, 0.15) is 20.8 Å². The fourth-order valence-electron chi connectivity index (χ4n) is 1.96. The van der Waals surface area contributed by atoms with Gasteiger partial charge < -0.3 is 19.5 Å². The van der Waals surface area contributed by atoms with Gasteiger partial charge >= 0.3 is 18.2 Å². The fourth-order valence-corrected chi connectivity index (χ4v) is 1.96. The topological polar surface area (TPSA) is 149 Å². The number of amides is 2. The van der Waals surface area contributed by atoms with Crippen LogP contribution < -0.4 is 10.7 Å². The van der Waals surface area contributed by atoms with E-state index >= 15 is 0 Å². The normalized spacial score (nSPS) is 11.0. The third-order valence-corrected chi connectivity index (χ3v) is 3.10. The molecule has 12 nitrogen and oxygen atoms in total. The minimum atomic E-state index is -1.52. The van der Waals surface area contributed by atoms with Crippen LogP contribution in [-0.4, -0.2) is 54.1 Å². The maximum Gasteiger partial charge on any atom is 0.431 e. The van der Waals surface area contributed by atoms with Gasteiger partial charge in [0.2, 0.25) is 6.17 Å². The van der Waals surface area contributed by atoms with Crippen LogP contribution in [0.5, 0.6) is 0 Å². The third-order valence-electron chi connectivity index (χ3n) is 3.10. The predicted octanol–water partition coefficient (Wildman–Crippen LogP) is 2.02. The van der Waals surface area contributed by atoms with Crippen molar-refractivity contribution in [3.63, 3.8) is 0 Å². The summed E-state index contributed by atoms with van der Waals surface area (Å²) in [6.07, 6.45) is -3.55. The molecule has 28 heavy (non-hydrogen) atoms. The standard InChI is InChI=1S/C16H22N4O8/c1-4-26-14(21)13(17-11-7-9-12(10-8-11)20(24)25)19(16(23)28-6-3)18-15(22)27-5-2/h7-10,13,17H,4-6H2,1-3H3,(H,18,22). The van der Waals surface area contributed by atoms with Crippen molar-refractivity contribution in [1.29, 1.82) is 0 Å². The van der Waals surface area contributed by atoms with E-state index in [0.717, 1.165) is 0 Å². The van der Waals surface area contributed by atoms with Crippen molar-refractivity contribution >= 4 is 29.5 Å². The highest BCUT2D eigenvalue weighted by Gasteiger charge is 2.34. The molecule has 1 unspecified atom stereocenters. The summed E-state index contributed by atoms with van der Waals surface area (Å²) in [6, 6.07) is 5.08. The number of hydrazine groups is 1. The maximum atomic E-state index is 12.4. The van der Waals surface area contributed by atoms with Crippen LogP contribution in [0.2, 0.25) is 0 Å². The zero-order chi connectivity index (χ0) is 21.1. The third kappa shape index (κ3) is 6.63. The Kier molecular flexibility index (Phi) is 8.99. The number of esters is 1. The summed E-state index contributed by atoms with van der Waals surface area (Å²) >= 11 is 0. The molecular weight excluding hydrogens is 376 g/mol. The number of carbonyl (C=O) groups excluding carboxylic acids is 3. The lowest BCUT2D eigenvalue weighted by atomic mass is 10.2. The first-order valence-electron chi connectivity index (χ1n) is 8.40. The van der Waals surface area contributed by atoms with E-state index in [-0.39, 0.29) is 31.2 Å². The van der Waals surface area contributed by atoms with Gasteiger partial charge in [-0.2, -0.15) is 5.01 Å². The minimum Gasteiger partial charge on any atom is -0.463 e. The first-order valence-corrected chi connectivity index (χ1v) is 8.40. The molecule has 0 saturated carbocycles.